The van der Waals surface area contributed by atoms with E-state index in [1.165, 1.54) is 0 Å². The first-order valence-electron chi connectivity index (χ1n) is 6.71. The van der Waals surface area contributed by atoms with Gasteiger partial charge in [-0.2, -0.15) is 10.4 Å². The van der Waals surface area contributed by atoms with Gasteiger partial charge in [-0.15, -0.1) is 0 Å². The third-order valence-corrected chi connectivity index (χ3v) is 3.79. The van der Waals surface area contributed by atoms with Crippen molar-refractivity contribution in [2.24, 2.45) is 5.41 Å². The van der Waals surface area contributed by atoms with E-state index in [4.69, 9.17) is 10.00 Å². The van der Waals surface area contributed by atoms with Crippen molar-refractivity contribution in [3.8, 4) is 6.07 Å². The average molecular weight is 283 g/mol. The van der Waals surface area contributed by atoms with Crippen molar-refractivity contribution in [3.05, 3.63) is 40.3 Å². The molecule has 0 saturated heterocycles. The van der Waals surface area contributed by atoms with E-state index in [0.717, 1.165) is 12.8 Å². The number of fused-ring (bicyclic) bond motifs is 1. The van der Waals surface area contributed by atoms with Crippen LogP contribution in [0.4, 0.5) is 0 Å². The standard InChI is InChI=1S/C15H13N3O3/c16-9-15(5-6-15)7-8-21-14(20)12-10-3-1-2-4-11(10)13(19)18-17-12/h1-4H,5-8H2,(H,18,19). The number of H-pyrrole nitrogens is 1. The van der Waals surface area contributed by atoms with Crippen LogP contribution < -0.4 is 5.56 Å². The van der Waals surface area contributed by atoms with Gasteiger partial charge in [0.25, 0.3) is 5.56 Å². The Morgan fingerprint density at radius 3 is 2.76 bits per heavy atom. The molecule has 2 aromatic rings. The van der Waals surface area contributed by atoms with Gasteiger partial charge in [-0.25, -0.2) is 9.89 Å². The van der Waals surface area contributed by atoms with Gasteiger partial charge in [0, 0.05) is 11.8 Å². The molecule has 106 valence electrons. The van der Waals surface area contributed by atoms with Crippen LogP contribution in [0.2, 0.25) is 0 Å². The highest BCUT2D eigenvalue weighted by Crippen LogP contribution is 2.47. The van der Waals surface area contributed by atoms with Gasteiger partial charge in [0.05, 0.1) is 23.5 Å². The molecule has 0 bridgehead atoms. The fourth-order valence-electron chi connectivity index (χ4n) is 2.25. The fourth-order valence-corrected chi connectivity index (χ4v) is 2.25. The molecule has 1 fully saturated rings. The lowest BCUT2D eigenvalue weighted by atomic mass is 10.1. The molecular formula is C15H13N3O3. The quantitative estimate of drug-likeness (QED) is 0.863. The first kappa shape index (κ1) is 13.3. The molecule has 1 heterocycles. The third-order valence-electron chi connectivity index (χ3n) is 3.79. The number of nitrogens with zero attached hydrogens (tertiary/aromatic N) is 2. The Morgan fingerprint density at radius 1 is 1.38 bits per heavy atom. The van der Waals surface area contributed by atoms with E-state index >= 15 is 0 Å². The number of nitrogens with one attached hydrogen (secondary N) is 1. The van der Waals surface area contributed by atoms with Crippen LogP contribution in [-0.2, 0) is 4.74 Å². The van der Waals surface area contributed by atoms with Gasteiger partial charge < -0.3 is 4.74 Å². The van der Waals surface area contributed by atoms with E-state index < -0.39 is 5.97 Å². The molecule has 1 aliphatic carbocycles. The zero-order valence-corrected chi connectivity index (χ0v) is 11.3. The minimum atomic E-state index is -0.587. The highest BCUT2D eigenvalue weighted by molar-refractivity contribution is 6.01. The number of carbonyl (C=O) groups is 1. The van der Waals surface area contributed by atoms with Crippen molar-refractivity contribution < 1.29 is 9.53 Å². The first-order chi connectivity index (χ1) is 10.2. The smallest absolute Gasteiger partial charge is 0.359 e. The molecule has 0 unspecified atom stereocenters. The first-order valence-corrected chi connectivity index (χ1v) is 6.71. The van der Waals surface area contributed by atoms with Crippen LogP contribution in [0, 0.1) is 16.7 Å². The largest absolute Gasteiger partial charge is 0.461 e. The lowest BCUT2D eigenvalue weighted by molar-refractivity contribution is 0.0481. The lowest BCUT2D eigenvalue weighted by Crippen LogP contribution is -2.17. The van der Waals surface area contributed by atoms with Crippen LogP contribution in [0.3, 0.4) is 0 Å². The predicted octanol–water partition coefficient (Wildman–Crippen LogP) is 1.77. The average Bonchev–Trinajstić information content (AvgIpc) is 3.28. The Labute approximate surface area is 120 Å². The number of aromatic nitrogens is 2. The van der Waals surface area contributed by atoms with Gasteiger partial charge in [0.2, 0.25) is 0 Å². The minimum absolute atomic E-state index is 0.0898. The van der Waals surface area contributed by atoms with Crippen LogP contribution in [0.15, 0.2) is 29.1 Å². The summed E-state index contributed by atoms with van der Waals surface area (Å²) in [5, 5.41) is 15.9. The second-order valence-corrected chi connectivity index (χ2v) is 5.22. The molecule has 6 heteroatoms. The van der Waals surface area contributed by atoms with Gasteiger partial charge in [-0.3, -0.25) is 4.79 Å². The van der Waals surface area contributed by atoms with Crippen LogP contribution in [0.5, 0.6) is 0 Å². The summed E-state index contributed by atoms with van der Waals surface area (Å²) >= 11 is 0. The molecule has 0 radical (unpaired) electrons. The van der Waals surface area contributed by atoms with Crippen LogP contribution in [0.1, 0.15) is 29.8 Å². The van der Waals surface area contributed by atoms with Crippen LogP contribution in [-0.4, -0.2) is 22.8 Å². The summed E-state index contributed by atoms with van der Waals surface area (Å²) in [6.07, 6.45) is 2.26. The maximum atomic E-state index is 12.1. The lowest BCUT2D eigenvalue weighted by Gasteiger charge is -2.08. The molecule has 6 nitrogen and oxygen atoms in total. The Balaban J connectivity index is 1.78. The SMILES string of the molecule is N#CC1(CCOC(=O)c2n[nH]c(=O)c3ccccc23)CC1. The second-order valence-electron chi connectivity index (χ2n) is 5.22. The van der Waals surface area contributed by atoms with E-state index in [1.54, 1.807) is 24.3 Å². The van der Waals surface area contributed by atoms with Crippen LogP contribution >= 0.6 is 0 Å². The van der Waals surface area contributed by atoms with Gasteiger partial charge in [0.1, 0.15) is 0 Å². The number of carbonyl (C=O) groups excluding carboxylic acids is 1. The summed E-state index contributed by atoms with van der Waals surface area (Å²) in [4.78, 5) is 23.7. The molecule has 3 rings (SSSR count). The molecule has 1 aromatic heterocycles. The zero-order chi connectivity index (χ0) is 14.9. The van der Waals surface area contributed by atoms with Gasteiger partial charge >= 0.3 is 5.97 Å². The van der Waals surface area contributed by atoms with E-state index in [2.05, 4.69) is 16.3 Å². The highest BCUT2D eigenvalue weighted by atomic mass is 16.5. The maximum absolute atomic E-state index is 12.1. The Kier molecular flexibility index (Phi) is 3.18. The van der Waals surface area contributed by atoms with Crippen molar-refractivity contribution in [2.75, 3.05) is 6.61 Å². The third kappa shape index (κ3) is 2.50. The summed E-state index contributed by atoms with van der Waals surface area (Å²) < 4.78 is 5.18. The molecule has 1 saturated carbocycles. The normalized spacial score (nSPS) is 15.4. The van der Waals surface area contributed by atoms with Gasteiger partial charge in [0.15, 0.2) is 5.69 Å². The summed E-state index contributed by atoms with van der Waals surface area (Å²) in [7, 11) is 0. The predicted molar refractivity (Wildman–Crippen MR) is 74.5 cm³/mol. The topological polar surface area (TPSA) is 95.8 Å². The van der Waals surface area contributed by atoms with Crippen LogP contribution in [0.25, 0.3) is 10.8 Å². The summed E-state index contributed by atoms with van der Waals surface area (Å²) in [5.74, 6) is -0.587. The Morgan fingerprint density at radius 2 is 2.10 bits per heavy atom. The fraction of sp³-hybridized carbons (Fsp3) is 0.333. The Hall–Kier alpha value is -2.68. The summed E-state index contributed by atoms with van der Waals surface area (Å²) in [5.41, 5.74) is -0.559. The molecule has 1 N–H and O–H groups in total. The monoisotopic (exact) mass is 283 g/mol. The number of benzene rings is 1. The molecule has 0 atom stereocenters. The van der Waals surface area contributed by atoms with Gasteiger partial charge in [-0.05, 0) is 18.9 Å². The van der Waals surface area contributed by atoms with Crippen molar-refractivity contribution in [1.29, 1.82) is 5.26 Å². The maximum Gasteiger partial charge on any atom is 0.359 e. The molecule has 0 aliphatic heterocycles. The number of hydrogen-bond donors (Lipinski definition) is 1. The highest BCUT2D eigenvalue weighted by Gasteiger charge is 2.42. The van der Waals surface area contributed by atoms with Crippen molar-refractivity contribution in [1.82, 2.24) is 10.2 Å². The molecule has 1 aromatic carbocycles. The number of ether oxygens (including phenoxy) is 1. The number of aromatic amines is 1. The number of hydrogen-bond acceptors (Lipinski definition) is 5. The summed E-state index contributed by atoms with van der Waals surface area (Å²) in [6, 6.07) is 8.98. The number of esters is 1. The van der Waals surface area contributed by atoms with Crippen molar-refractivity contribution >= 4 is 16.7 Å². The molecule has 0 amide bonds. The molecule has 1 aliphatic rings. The van der Waals surface area contributed by atoms with E-state index in [1.807, 2.05) is 0 Å². The minimum Gasteiger partial charge on any atom is -0.461 e. The summed E-state index contributed by atoms with van der Waals surface area (Å²) in [6.45, 7) is 0.182. The molecule has 21 heavy (non-hydrogen) atoms. The van der Waals surface area contributed by atoms with Crippen molar-refractivity contribution in [3.63, 3.8) is 0 Å². The number of rotatable bonds is 4. The van der Waals surface area contributed by atoms with E-state index in [0.29, 0.717) is 17.2 Å². The second kappa shape index (κ2) is 5.02. The zero-order valence-electron chi connectivity index (χ0n) is 11.3. The molecular weight excluding hydrogens is 270 g/mol. The van der Waals surface area contributed by atoms with E-state index in [-0.39, 0.29) is 23.3 Å². The number of nitriles is 1. The van der Waals surface area contributed by atoms with E-state index in [9.17, 15) is 9.59 Å². The van der Waals surface area contributed by atoms with Gasteiger partial charge in [-0.1, -0.05) is 18.2 Å². The molecule has 0 spiro atoms. The Bertz CT molecular complexity index is 800. The van der Waals surface area contributed by atoms with Crippen molar-refractivity contribution in [2.45, 2.75) is 19.3 Å².